The van der Waals surface area contributed by atoms with Gasteiger partial charge < -0.3 is 10.6 Å². The molecule has 2 N–H and O–H groups in total. The van der Waals surface area contributed by atoms with Crippen LogP contribution >= 0.6 is 0 Å². The van der Waals surface area contributed by atoms with Crippen LogP contribution < -0.4 is 10.6 Å². The van der Waals surface area contributed by atoms with Gasteiger partial charge in [0.2, 0.25) is 5.91 Å². The number of fused-ring (bicyclic) bond motifs is 1. The van der Waals surface area contributed by atoms with E-state index in [0.717, 1.165) is 11.4 Å². The highest BCUT2D eigenvalue weighted by Gasteiger charge is 2.14. The van der Waals surface area contributed by atoms with Crippen molar-refractivity contribution in [3.05, 3.63) is 23.3 Å². The molecule has 1 aliphatic rings. The third kappa shape index (κ3) is 1.45. The minimum absolute atomic E-state index is 0.0829. The molecule has 2 rings (SSSR count). The van der Waals surface area contributed by atoms with Gasteiger partial charge in [-0.1, -0.05) is 6.07 Å². The fourth-order valence-corrected chi connectivity index (χ4v) is 1.66. The van der Waals surface area contributed by atoms with Gasteiger partial charge in [0, 0.05) is 13.0 Å². The molecular weight excluding hydrogens is 176 g/mol. The van der Waals surface area contributed by atoms with E-state index in [0.29, 0.717) is 13.0 Å². The molecule has 0 aliphatic carbocycles. The molecular formula is C11H14N2O. The molecule has 1 amide bonds. The van der Waals surface area contributed by atoms with Crippen LogP contribution in [0.2, 0.25) is 0 Å². The van der Waals surface area contributed by atoms with Gasteiger partial charge in [0.15, 0.2) is 0 Å². The molecule has 1 aromatic carbocycles. The van der Waals surface area contributed by atoms with Gasteiger partial charge in [-0.25, -0.2) is 0 Å². The molecule has 1 aromatic rings. The predicted octanol–water partition coefficient (Wildman–Crippen LogP) is 2.06. The topological polar surface area (TPSA) is 41.1 Å². The van der Waals surface area contributed by atoms with E-state index in [1.54, 1.807) is 0 Å². The van der Waals surface area contributed by atoms with Gasteiger partial charge in [-0.15, -0.1) is 0 Å². The Morgan fingerprint density at radius 1 is 1.29 bits per heavy atom. The lowest BCUT2D eigenvalue weighted by atomic mass is 10.1. The number of nitrogens with one attached hydrogen (secondary N) is 2. The number of hydrogen-bond acceptors (Lipinski definition) is 2. The second-order valence-corrected chi connectivity index (χ2v) is 3.65. The van der Waals surface area contributed by atoms with Crippen LogP contribution in [0.15, 0.2) is 12.1 Å². The Labute approximate surface area is 83.5 Å². The highest BCUT2D eigenvalue weighted by molar-refractivity contribution is 5.96. The molecule has 74 valence electrons. The molecule has 0 fully saturated rings. The summed E-state index contributed by atoms with van der Waals surface area (Å²) in [5.74, 6) is 0.0829. The van der Waals surface area contributed by atoms with Crippen molar-refractivity contribution in [2.24, 2.45) is 0 Å². The largest absolute Gasteiger partial charge is 0.383 e. The zero-order valence-electron chi connectivity index (χ0n) is 8.48. The molecule has 1 heterocycles. The fraction of sp³-hybridized carbons (Fsp3) is 0.364. The van der Waals surface area contributed by atoms with Crippen LogP contribution in [0.1, 0.15) is 17.5 Å². The first-order valence-electron chi connectivity index (χ1n) is 4.82. The number of carbonyl (C=O) groups is 1. The Morgan fingerprint density at radius 3 is 2.86 bits per heavy atom. The van der Waals surface area contributed by atoms with E-state index < -0.39 is 0 Å². The van der Waals surface area contributed by atoms with Crippen LogP contribution in [-0.4, -0.2) is 12.5 Å². The highest BCUT2D eigenvalue weighted by atomic mass is 16.1. The molecule has 0 unspecified atom stereocenters. The Bertz CT molecular complexity index is 385. The van der Waals surface area contributed by atoms with Crippen molar-refractivity contribution < 1.29 is 4.79 Å². The maximum Gasteiger partial charge on any atom is 0.226 e. The zero-order valence-corrected chi connectivity index (χ0v) is 8.48. The smallest absolute Gasteiger partial charge is 0.226 e. The number of carbonyl (C=O) groups excluding carboxylic acids is 1. The summed E-state index contributed by atoms with van der Waals surface area (Å²) in [4.78, 5) is 11.3. The minimum Gasteiger partial charge on any atom is -0.383 e. The van der Waals surface area contributed by atoms with Gasteiger partial charge in [0.25, 0.3) is 0 Å². The van der Waals surface area contributed by atoms with E-state index in [-0.39, 0.29) is 5.91 Å². The molecule has 0 saturated heterocycles. The molecule has 0 spiro atoms. The molecule has 1 aliphatic heterocycles. The summed E-state index contributed by atoms with van der Waals surface area (Å²) in [7, 11) is 0. The Morgan fingerprint density at radius 2 is 2.07 bits per heavy atom. The predicted molar refractivity (Wildman–Crippen MR) is 57.7 cm³/mol. The summed E-state index contributed by atoms with van der Waals surface area (Å²) >= 11 is 0. The monoisotopic (exact) mass is 190 g/mol. The van der Waals surface area contributed by atoms with Crippen molar-refractivity contribution in [2.75, 3.05) is 17.2 Å². The van der Waals surface area contributed by atoms with Crippen molar-refractivity contribution in [1.29, 1.82) is 0 Å². The summed E-state index contributed by atoms with van der Waals surface area (Å²) in [6.07, 6.45) is 0.535. The molecule has 0 saturated carbocycles. The minimum atomic E-state index is 0.0829. The van der Waals surface area contributed by atoms with Crippen LogP contribution in [-0.2, 0) is 4.79 Å². The lowest BCUT2D eigenvalue weighted by Crippen LogP contribution is -2.10. The number of anilines is 2. The lowest BCUT2D eigenvalue weighted by Gasteiger charge is -2.12. The Hall–Kier alpha value is -1.51. The van der Waals surface area contributed by atoms with E-state index in [4.69, 9.17) is 0 Å². The van der Waals surface area contributed by atoms with E-state index >= 15 is 0 Å². The van der Waals surface area contributed by atoms with Crippen molar-refractivity contribution in [3.63, 3.8) is 0 Å². The van der Waals surface area contributed by atoms with Crippen LogP contribution in [0.5, 0.6) is 0 Å². The van der Waals surface area contributed by atoms with E-state index in [1.807, 2.05) is 12.1 Å². The number of benzene rings is 1. The molecule has 0 radical (unpaired) electrons. The zero-order chi connectivity index (χ0) is 10.1. The summed E-state index contributed by atoms with van der Waals surface area (Å²) in [5, 5.41) is 6.17. The first-order valence-corrected chi connectivity index (χ1v) is 4.82. The third-order valence-electron chi connectivity index (χ3n) is 2.66. The molecule has 3 nitrogen and oxygen atoms in total. The van der Waals surface area contributed by atoms with Crippen molar-refractivity contribution in [3.8, 4) is 0 Å². The van der Waals surface area contributed by atoms with Crippen LogP contribution in [0.25, 0.3) is 0 Å². The van der Waals surface area contributed by atoms with Crippen molar-refractivity contribution in [1.82, 2.24) is 0 Å². The average molecular weight is 190 g/mol. The van der Waals surface area contributed by atoms with E-state index in [1.165, 1.54) is 11.1 Å². The second kappa shape index (κ2) is 3.33. The summed E-state index contributed by atoms with van der Waals surface area (Å²) < 4.78 is 0. The summed E-state index contributed by atoms with van der Waals surface area (Å²) in [6.45, 7) is 4.85. The number of amides is 1. The number of hydrogen-bond donors (Lipinski definition) is 2. The first kappa shape index (κ1) is 9.06. The summed E-state index contributed by atoms with van der Waals surface area (Å²) in [5.41, 5.74) is 4.42. The van der Waals surface area contributed by atoms with E-state index in [9.17, 15) is 4.79 Å². The fourth-order valence-electron chi connectivity index (χ4n) is 1.66. The van der Waals surface area contributed by atoms with Crippen LogP contribution in [0.4, 0.5) is 11.4 Å². The van der Waals surface area contributed by atoms with Gasteiger partial charge >= 0.3 is 0 Å². The number of aryl methyl sites for hydroxylation is 1. The van der Waals surface area contributed by atoms with E-state index in [2.05, 4.69) is 24.5 Å². The van der Waals surface area contributed by atoms with Gasteiger partial charge in [0.05, 0.1) is 11.4 Å². The molecule has 3 heteroatoms. The second-order valence-electron chi connectivity index (χ2n) is 3.65. The molecule has 0 bridgehead atoms. The van der Waals surface area contributed by atoms with Gasteiger partial charge in [-0.2, -0.15) is 0 Å². The van der Waals surface area contributed by atoms with Gasteiger partial charge in [-0.05, 0) is 31.0 Å². The summed E-state index contributed by atoms with van der Waals surface area (Å²) in [6, 6.07) is 3.98. The van der Waals surface area contributed by atoms with Gasteiger partial charge in [-0.3, -0.25) is 4.79 Å². The Balaban J connectivity index is 2.50. The Kier molecular flexibility index (Phi) is 2.15. The van der Waals surface area contributed by atoms with Gasteiger partial charge in [0.1, 0.15) is 0 Å². The SMILES string of the molecule is Cc1ccc2c(c1C)NCCC(=O)N2. The molecule has 0 aromatic heterocycles. The molecule has 14 heavy (non-hydrogen) atoms. The maximum absolute atomic E-state index is 11.3. The van der Waals surface area contributed by atoms with Crippen molar-refractivity contribution in [2.45, 2.75) is 20.3 Å². The maximum atomic E-state index is 11.3. The van der Waals surface area contributed by atoms with Crippen LogP contribution in [0.3, 0.4) is 0 Å². The highest BCUT2D eigenvalue weighted by Crippen LogP contribution is 2.29. The normalized spacial score (nSPS) is 15.1. The first-order chi connectivity index (χ1) is 6.68. The lowest BCUT2D eigenvalue weighted by molar-refractivity contribution is -0.115. The van der Waals surface area contributed by atoms with Crippen molar-refractivity contribution >= 4 is 17.3 Å². The number of rotatable bonds is 0. The molecule has 0 atom stereocenters. The standard InChI is InChI=1S/C11H14N2O/c1-7-3-4-9-11(8(7)2)12-6-5-10(14)13-9/h3-4,12H,5-6H2,1-2H3,(H,13,14). The average Bonchev–Trinajstić information content (AvgIpc) is 2.34. The van der Waals surface area contributed by atoms with Crippen LogP contribution in [0, 0.1) is 13.8 Å². The third-order valence-corrected chi connectivity index (χ3v) is 2.66. The quantitative estimate of drug-likeness (QED) is 0.657.